The van der Waals surface area contributed by atoms with Crippen LogP contribution in [-0.4, -0.2) is 36.0 Å². The van der Waals surface area contributed by atoms with Crippen molar-refractivity contribution in [2.75, 3.05) is 13.1 Å². The molecule has 114 valence electrons. The van der Waals surface area contributed by atoms with E-state index in [9.17, 15) is 4.79 Å². The van der Waals surface area contributed by atoms with Gasteiger partial charge in [0.05, 0.1) is 6.04 Å². The number of hydrogen-bond donors (Lipinski definition) is 1. The molecule has 0 aromatic heterocycles. The third kappa shape index (κ3) is 3.03. The molecule has 20 heavy (non-hydrogen) atoms. The van der Waals surface area contributed by atoms with Crippen LogP contribution in [0.15, 0.2) is 0 Å². The molecule has 3 heteroatoms. The number of carbonyl (C=O) groups is 1. The largest absolute Gasteiger partial charge is 0.341 e. The zero-order valence-corrected chi connectivity index (χ0v) is 13.1. The highest BCUT2D eigenvalue weighted by Crippen LogP contribution is 2.34. The lowest BCUT2D eigenvalue weighted by Gasteiger charge is -2.24. The van der Waals surface area contributed by atoms with Crippen LogP contribution in [0.1, 0.15) is 58.8 Å². The second-order valence-electron chi connectivity index (χ2n) is 7.67. The summed E-state index contributed by atoms with van der Waals surface area (Å²) in [6.07, 6.45) is 8.90. The van der Waals surface area contributed by atoms with Crippen molar-refractivity contribution in [3.8, 4) is 0 Å². The molecule has 1 saturated carbocycles. The van der Waals surface area contributed by atoms with Crippen LogP contribution in [0.5, 0.6) is 0 Å². The average molecular weight is 278 g/mol. The predicted octanol–water partition coefficient (Wildman–Crippen LogP) is 2.80. The molecule has 4 unspecified atom stereocenters. The molecule has 1 N–H and O–H groups in total. The van der Waals surface area contributed by atoms with E-state index in [0.29, 0.717) is 11.9 Å². The molecule has 0 bridgehead atoms. The third-order valence-corrected chi connectivity index (χ3v) is 5.56. The van der Waals surface area contributed by atoms with Gasteiger partial charge in [0.2, 0.25) is 5.91 Å². The fourth-order valence-electron chi connectivity index (χ4n) is 4.62. The molecule has 0 aromatic rings. The fourth-order valence-corrected chi connectivity index (χ4v) is 4.62. The predicted molar refractivity (Wildman–Crippen MR) is 81.4 cm³/mol. The first-order chi connectivity index (χ1) is 9.63. The molecule has 1 aliphatic carbocycles. The highest BCUT2D eigenvalue weighted by molar-refractivity contribution is 5.82. The maximum absolute atomic E-state index is 12.7. The Kier molecular flexibility index (Phi) is 4.34. The van der Waals surface area contributed by atoms with E-state index in [2.05, 4.69) is 24.1 Å². The first kappa shape index (κ1) is 14.4. The second kappa shape index (κ2) is 6.05. The summed E-state index contributed by atoms with van der Waals surface area (Å²) in [6, 6.07) is 0.757. The van der Waals surface area contributed by atoms with Gasteiger partial charge in [0.1, 0.15) is 0 Å². The number of fused-ring (bicyclic) bond motifs is 1. The van der Waals surface area contributed by atoms with E-state index in [1.807, 2.05) is 0 Å². The van der Waals surface area contributed by atoms with Gasteiger partial charge in [-0.3, -0.25) is 4.79 Å². The van der Waals surface area contributed by atoms with Crippen LogP contribution in [-0.2, 0) is 4.79 Å². The highest BCUT2D eigenvalue weighted by atomic mass is 16.2. The van der Waals surface area contributed by atoms with E-state index < -0.39 is 0 Å². The van der Waals surface area contributed by atoms with Gasteiger partial charge in [0.15, 0.2) is 0 Å². The van der Waals surface area contributed by atoms with Crippen molar-refractivity contribution in [2.45, 2.75) is 70.9 Å². The van der Waals surface area contributed by atoms with Gasteiger partial charge in [-0.05, 0) is 49.9 Å². The van der Waals surface area contributed by atoms with Crippen molar-refractivity contribution in [3.63, 3.8) is 0 Å². The number of amides is 1. The first-order valence-electron chi connectivity index (χ1n) is 8.68. The Morgan fingerprint density at radius 2 is 2.05 bits per heavy atom. The fraction of sp³-hybridized carbons (Fsp3) is 0.941. The van der Waals surface area contributed by atoms with Crippen LogP contribution in [0, 0.1) is 17.8 Å². The normalized spacial score (nSPS) is 37.5. The minimum Gasteiger partial charge on any atom is -0.341 e. The number of nitrogens with zero attached hydrogens (tertiary/aromatic N) is 1. The Labute approximate surface area is 123 Å². The number of nitrogens with one attached hydrogen (secondary N) is 1. The van der Waals surface area contributed by atoms with E-state index in [-0.39, 0.29) is 6.04 Å². The molecule has 3 aliphatic rings. The summed E-state index contributed by atoms with van der Waals surface area (Å²) in [7, 11) is 0. The van der Waals surface area contributed by atoms with Crippen LogP contribution in [0.4, 0.5) is 0 Å². The van der Waals surface area contributed by atoms with Gasteiger partial charge in [-0.25, -0.2) is 0 Å². The van der Waals surface area contributed by atoms with Crippen LogP contribution in [0.25, 0.3) is 0 Å². The first-order valence-corrected chi connectivity index (χ1v) is 8.68. The molecule has 1 amide bonds. The topological polar surface area (TPSA) is 32.3 Å². The van der Waals surface area contributed by atoms with Gasteiger partial charge < -0.3 is 10.2 Å². The van der Waals surface area contributed by atoms with Crippen molar-refractivity contribution in [2.24, 2.45) is 17.8 Å². The Bertz CT molecular complexity index is 341. The lowest BCUT2D eigenvalue weighted by atomic mass is 9.85. The molecule has 2 heterocycles. The number of carbonyl (C=O) groups excluding carboxylic acids is 1. The summed E-state index contributed by atoms with van der Waals surface area (Å²) in [5, 5.41) is 3.63. The molecule has 0 spiro atoms. The quantitative estimate of drug-likeness (QED) is 0.861. The van der Waals surface area contributed by atoms with Crippen molar-refractivity contribution < 1.29 is 4.79 Å². The number of hydrogen-bond acceptors (Lipinski definition) is 2. The smallest absolute Gasteiger partial charge is 0.239 e. The van der Waals surface area contributed by atoms with Crippen molar-refractivity contribution >= 4 is 5.91 Å². The molecule has 0 radical (unpaired) electrons. The van der Waals surface area contributed by atoms with Crippen molar-refractivity contribution in [1.82, 2.24) is 10.2 Å². The lowest BCUT2D eigenvalue weighted by molar-refractivity contribution is -0.132. The van der Waals surface area contributed by atoms with Gasteiger partial charge in [-0.15, -0.1) is 0 Å². The van der Waals surface area contributed by atoms with Gasteiger partial charge in [-0.1, -0.05) is 26.7 Å². The van der Waals surface area contributed by atoms with Crippen molar-refractivity contribution in [1.29, 1.82) is 0 Å². The minimum atomic E-state index is 0.126. The number of likely N-dealkylation sites (tertiary alicyclic amines) is 1. The highest BCUT2D eigenvalue weighted by Gasteiger charge is 2.40. The molecule has 2 aliphatic heterocycles. The second-order valence-corrected chi connectivity index (χ2v) is 7.67. The van der Waals surface area contributed by atoms with Crippen LogP contribution < -0.4 is 5.32 Å². The third-order valence-electron chi connectivity index (χ3n) is 5.56. The Morgan fingerprint density at radius 3 is 2.80 bits per heavy atom. The average Bonchev–Trinajstić information content (AvgIpc) is 3.03. The van der Waals surface area contributed by atoms with E-state index in [4.69, 9.17) is 0 Å². The molecule has 4 atom stereocenters. The van der Waals surface area contributed by atoms with Gasteiger partial charge in [-0.2, -0.15) is 0 Å². The summed E-state index contributed by atoms with van der Waals surface area (Å²) < 4.78 is 0. The van der Waals surface area contributed by atoms with Crippen LogP contribution >= 0.6 is 0 Å². The van der Waals surface area contributed by atoms with Gasteiger partial charge in [0, 0.05) is 19.1 Å². The van der Waals surface area contributed by atoms with Gasteiger partial charge >= 0.3 is 0 Å². The minimum absolute atomic E-state index is 0.126. The molecule has 0 aromatic carbocycles. The standard InChI is InChI=1S/C17H30N2O/c1-12(2)9-13-7-8-19(11-13)17(20)16-10-14-5-3-4-6-15(14)18-16/h12-16,18H,3-11H2,1-2H3. The Hall–Kier alpha value is -0.570. The maximum Gasteiger partial charge on any atom is 0.239 e. The zero-order valence-electron chi connectivity index (χ0n) is 13.1. The molecular formula is C17H30N2O. The van der Waals surface area contributed by atoms with E-state index in [1.165, 1.54) is 38.5 Å². The summed E-state index contributed by atoms with van der Waals surface area (Å²) in [6.45, 7) is 6.57. The Balaban J connectivity index is 1.52. The summed E-state index contributed by atoms with van der Waals surface area (Å²) in [5.41, 5.74) is 0. The molecular weight excluding hydrogens is 248 g/mol. The molecule has 3 fully saturated rings. The van der Waals surface area contributed by atoms with Crippen molar-refractivity contribution in [3.05, 3.63) is 0 Å². The summed E-state index contributed by atoms with van der Waals surface area (Å²) in [5.74, 6) is 2.66. The SMILES string of the molecule is CC(C)CC1CCN(C(=O)C2CC3CCCCC3N2)C1. The van der Waals surface area contributed by atoms with Gasteiger partial charge in [0.25, 0.3) is 0 Å². The molecule has 2 saturated heterocycles. The Morgan fingerprint density at radius 1 is 1.25 bits per heavy atom. The van der Waals surface area contributed by atoms with E-state index in [1.54, 1.807) is 0 Å². The maximum atomic E-state index is 12.7. The van der Waals surface area contributed by atoms with E-state index >= 15 is 0 Å². The van der Waals surface area contributed by atoms with Crippen LogP contribution in [0.2, 0.25) is 0 Å². The number of rotatable bonds is 3. The molecule has 3 rings (SSSR count). The zero-order chi connectivity index (χ0) is 14.1. The van der Waals surface area contributed by atoms with E-state index in [0.717, 1.165) is 37.3 Å². The summed E-state index contributed by atoms with van der Waals surface area (Å²) in [4.78, 5) is 14.8. The van der Waals surface area contributed by atoms with Crippen LogP contribution in [0.3, 0.4) is 0 Å². The summed E-state index contributed by atoms with van der Waals surface area (Å²) >= 11 is 0. The molecule has 3 nitrogen and oxygen atoms in total. The lowest BCUT2D eigenvalue weighted by Crippen LogP contribution is -2.44. The monoisotopic (exact) mass is 278 g/mol.